The molecule has 0 aliphatic carbocycles. The number of nitrogens with zero attached hydrogens (tertiary/aromatic N) is 2. The summed E-state index contributed by atoms with van der Waals surface area (Å²) in [5.74, 6) is -0.959. The summed E-state index contributed by atoms with van der Waals surface area (Å²) < 4.78 is 0. The van der Waals surface area contributed by atoms with Crippen LogP contribution in [0.15, 0.2) is 12.3 Å². The molecule has 1 aromatic rings. The number of carboxylic acids is 1. The van der Waals surface area contributed by atoms with E-state index in [1.54, 1.807) is 0 Å². The fraction of sp³-hybridized carbons (Fsp3) is 0.250. The standard InChI is InChI=1S/C8H8N2O3S/c1-2-14-8(13)5-3-4-9-6(10-5)7(11)12/h3-4H,2H2,1H3,(H,11,12). The number of rotatable bonds is 3. The predicted molar refractivity (Wildman–Crippen MR) is 51.5 cm³/mol. The van der Waals surface area contributed by atoms with Crippen LogP contribution in [0.4, 0.5) is 0 Å². The van der Waals surface area contributed by atoms with E-state index in [1.165, 1.54) is 12.3 Å². The lowest BCUT2D eigenvalue weighted by Gasteiger charge is -1.97. The molecule has 74 valence electrons. The lowest BCUT2D eigenvalue weighted by atomic mass is 10.4. The van der Waals surface area contributed by atoms with Crippen molar-refractivity contribution in [3.63, 3.8) is 0 Å². The van der Waals surface area contributed by atoms with Gasteiger partial charge in [-0.1, -0.05) is 18.7 Å². The van der Waals surface area contributed by atoms with Crippen molar-refractivity contribution < 1.29 is 14.7 Å². The molecule has 1 aromatic heterocycles. The minimum absolute atomic E-state index is 0.129. The molecular formula is C8H8N2O3S. The minimum Gasteiger partial charge on any atom is -0.475 e. The van der Waals surface area contributed by atoms with Gasteiger partial charge in [-0.05, 0) is 11.8 Å². The smallest absolute Gasteiger partial charge is 0.373 e. The van der Waals surface area contributed by atoms with Gasteiger partial charge in [0.2, 0.25) is 10.9 Å². The average molecular weight is 212 g/mol. The Morgan fingerprint density at radius 2 is 2.29 bits per heavy atom. The summed E-state index contributed by atoms with van der Waals surface area (Å²) in [4.78, 5) is 28.9. The minimum atomic E-state index is -1.24. The zero-order chi connectivity index (χ0) is 10.6. The van der Waals surface area contributed by atoms with Gasteiger partial charge in [0, 0.05) is 6.20 Å². The molecule has 0 bridgehead atoms. The Morgan fingerprint density at radius 1 is 1.57 bits per heavy atom. The van der Waals surface area contributed by atoms with E-state index in [1.807, 2.05) is 6.92 Å². The Hall–Kier alpha value is -1.43. The number of carboxylic acid groups (broad SMARTS) is 1. The van der Waals surface area contributed by atoms with E-state index < -0.39 is 5.97 Å². The van der Waals surface area contributed by atoms with Gasteiger partial charge in [-0.2, -0.15) is 0 Å². The topological polar surface area (TPSA) is 80.2 Å². The lowest BCUT2D eigenvalue weighted by Crippen LogP contribution is -2.08. The Labute approximate surface area is 84.6 Å². The van der Waals surface area contributed by atoms with Gasteiger partial charge in [-0.3, -0.25) is 4.79 Å². The number of hydrogen-bond donors (Lipinski definition) is 1. The quantitative estimate of drug-likeness (QED) is 0.807. The van der Waals surface area contributed by atoms with Crippen molar-refractivity contribution in [3.8, 4) is 0 Å². The number of hydrogen-bond acceptors (Lipinski definition) is 5. The zero-order valence-corrected chi connectivity index (χ0v) is 8.24. The van der Waals surface area contributed by atoms with Crippen LogP contribution in [-0.4, -0.2) is 31.9 Å². The molecule has 0 radical (unpaired) electrons. The largest absolute Gasteiger partial charge is 0.475 e. The van der Waals surface area contributed by atoms with Gasteiger partial charge in [-0.15, -0.1) is 0 Å². The van der Waals surface area contributed by atoms with E-state index in [0.29, 0.717) is 5.75 Å². The van der Waals surface area contributed by atoms with E-state index in [9.17, 15) is 9.59 Å². The molecule has 6 heteroatoms. The van der Waals surface area contributed by atoms with Crippen LogP contribution in [0.1, 0.15) is 28.0 Å². The molecule has 1 N–H and O–H groups in total. The van der Waals surface area contributed by atoms with Crippen LogP contribution in [0.3, 0.4) is 0 Å². The van der Waals surface area contributed by atoms with Crippen LogP contribution < -0.4 is 0 Å². The number of thioether (sulfide) groups is 1. The maximum atomic E-state index is 11.3. The maximum absolute atomic E-state index is 11.3. The third-order valence-electron chi connectivity index (χ3n) is 1.33. The first-order chi connectivity index (χ1) is 6.65. The van der Waals surface area contributed by atoms with Gasteiger partial charge < -0.3 is 5.11 Å². The summed E-state index contributed by atoms with van der Waals surface area (Å²) >= 11 is 1.08. The molecule has 0 saturated carbocycles. The molecule has 0 amide bonds. The monoisotopic (exact) mass is 212 g/mol. The second-order valence-electron chi connectivity index (χ2n) is 2.29. The highest BCUT2D eigenvalue weighted by Gasteiger charge is 2.11. The summed E-state index contributed by atoms with van der Waals surface area (Å²) in [5, 5.41) is 8.34. The van der Waals surface area contributed by atoms with E-state index in [4.69, 9.17) is 5.11 Å². The van der Waals surface area contributed by atoms with Crippen molar-refractivity contribution in [2.24, 2.45) is 0 Å². The normalized spacial score (nSPS) is 9.79. The number of carbonyl (C=O) groups excluding carboxylic acids is 1. The Kier molecular flexibility index (Phi) is 3.58. The number of aromatic nitrogens is 2. The van der Waals surface area contributed by atoms with Gasteiger partial charge in [0.1, 0.15) is 5.69 Å². The van der Waals surface area contributed by atoms with Gasteiger partial charge >= 0.3 is 5.97 Å². The van der Waals surface area contributed by atoms with E-state index >= 15 is 0 Å². The van der Waals surface area contributed by atoms with Crippen LogP contribution in [-0.2, 0) is 0 Å². The van der Waals surface area contributed by atoms with Gasteiger partial charge in [0.05, 0.1) is 0 Å². The molecule has 0 fully saturated rings. The molecule has 0 aromatic carbocycles. The molecule has 0 unspecified atom stereocenters. The van der Waals surface area contributed by atoms with Crippen molar-refractivity contribution >= 4 is 22.8 Å². The molecule has 0 spiro atoms. The van der Waals surface area contributed by atoms with Crippen molar-refractivity contribution in [2.75, 3.05) is 5.75 Å². The highest BCUT2D eigenvalue weighted by Crippen LogP contribution is 2.09. The molecule has 5 nitrogen and oxygen atoms in total. The van der Waals surface area contributed by atoms with Crippen LogP contribution in [0, 0.1) is 0 Å². The summed E-state index contributed by atoms with van der Waals surface area (Å²) in [6.45, 7) is 1.84. The highest BCUT2D eigenvalue weighted by molar-refractivity contribution is 8.14. The van der Waals surface area contributed by atoms with Gasteiger partial charge in [0.25, 0.3) is 0 Å². The lowest BCUT2D eigenvalue weighted by molar-refractivity contribution is 0.0683. The number of aromatic carboxylic acids is 1. The molecule has 14 heavy (non-hydrogen) atoms. The second kappa shape index (κ2) is 4.71. The van der Waals surface area contributed by atoms with Gasteiger partial charge in [0.15, 0.2) is 0 Å². The van der Waals surface area contributed by atoms with Crippen molar-refractivity contribution in [2.45, 2.75) is 6.92 Å². The summed E-state index contributed by atoms with van der Waals surface area (Å²) in [6, 6.07) is 1.40. The highest BCUT2D eigenvalue weighted by atomic mass is 32.2. The SMILES string of the molecule is CCSC(=O)c1ccnc(C(=O)O)n1. The predicted octanol–water partition coefficient (Wildman–Crippen LogP) is 1.07. The van der Waals surface area contributed by atoms with Crippen molar-refractivity contribution in [1.82, 2.24) is 9.97 Å². The second-order valence-corrected chi connectivity index (χ2v) is 3.53. The van der Waals surface area contributed by atoms with Crippen molar-refractivity contribution in [3.05, 3.63) is 23.8 Å². The molecule has 1 rings (SSSR count). The Bertz CT molecular complexity index is 367. The molecule has 0 atom stereocenters. The summed E-state index contributed by atoms with van der Waals surface area (Å²) in [5.41, 5.74) is 0.129. The summed E-state index contributed by atoms with van der Waals surface area (Å²) in [7, 11) is 0. The van der Waals surface area contributed by atoms with Crippen molar-refractivity contribution in [1.29, 1.82) is 0 Å². The zero-order valence-electron chi connectivity index (χ0n) is 7.43. The van der Waals surface area contributed by atoms with E-state index in [2.05, 4.69) is 9.97 Å². The van der Waals surface area contributed by atoms with Crippen LogP contribution in [0.2, 0.25) is 0 Å². The maximum Gasteiger partial charge on any atom is 0.373 e. The third-order valence-corrected chi connectivity index (χ3v) is 2.09. The first kappa shape index (κ1) is 10.6. The Balaban J connectivity index is 2.93. The van der Waals surface area contributed by atoms with E-state index in [0.717, 1.165) is 11.8 Å². The number of carbonyl (C=O) groups is 2. The van der Waals surface area contributed by atoms with Crippen LogP contribution in [0.5, 0.6) is 0 Å². The molecule has 0 aliphatic rings. The van der Waals surface area contributed by atoms with Crippen LogP contribution in [0.25, 0.3) is 0 Å². The Morgan fingerprint density at radius 3 is 2.86 bits per heavy atom. The molecular weight excluding hydrogens is 204 g/mol. The third kappa shape index (κ3) is 2.53. The summed E-state index contributed by atoms with van der Waals surface area (Å²) in [6.07, 6.45) is 1.26. The van der Waals surface area contributed by atoms with E-state index in [-0.39, 0.29) is 16.6 Å². The first-order valence-corrected chi connectivity index (χ1v) is 4.87. The molecule has 1 heterocycles. The van der Waals surface area contributed by atoms with Gasteiger partial charge in [-0.25, -0.2) is 14.8 Å². The fourth-order valence-corrected chi connectivity index (χ4v) is 1.30. The average Bonchev–Trinajstić information content (AvgIpc) is 2.18. The van der Waals surface area contributed by atoms with Crippen LogP contribution >= 0.6 is 11.8 Å². The fourth-order valence-electron chi connectivity index (χ4n) is 0.780. The molecule has 0 saturated heterocycles. The molecule has 0 aliphatic heterocycles. The first-order valence-electron chi connectivity index (χ1n) is 3.88.